The fourth-order valence-electron chi connectivity index (χ4n) is 2.18. The summed E-state index contributed by atoms with van der Waals surface area (Å²) in [5.74, 6) is 0.446. The maximum Gasteiger partial charge on any atom is 0.146 e. The van der Waals surface area contributed by atoms with Crippen molar-refractivity contribution < 1.29 is 9.13 Å². The second-order valence-electron chi connectivity index (χ2n) is 4.68. The van der Waals surface area contributed by atoms with Gasteiger partial charge < -0.3 is 10.1 Å². The van der Waals surface area contributed by atoms with Crippen LogP contribution in [0, 0.1) is 5.82 Å². The molecule has 0 bridgehead atoms. The molecule has 0 radical (unpaired) electrons. The lowest BCUT2D eigenvalue weighted by Crippen LogP contribution is -2.24. The smallest absolute Gasteiger partial charge is 0.146 e. The van der Waals surface area contributed by atoms with Crippen molar-refractivity contribution in [2.75, 3.05) is 13.7 Å². The van der Waals surface area contributed by atoms with Gasteiger partial charge in [-0.25, -0.2) is 4.39 Å². The topological polar surface area (TPSA) is 34.1 Å². The van der Waals surface area contributed by atoms with Gasteiger partial charge in [-0.05, 0) is 52.7 Å². The Morgan fingerprint density at radius 2 is 2.19 bits per heavy atom. The Labute approximate surface area is 132 Å². The van der Waals surface area contributed by atoms with Crippen molar-refractivity contribution in [1.82, 2.24) is 10.3 Å². The second-order valence-corrected chi connectivity index (χ2v) is 5.53. The minimum atomic E-state index is -0.307. The largest absolute Gasteiger partial charge is 0.496 e. The molecular formula is C16H18BrFN2O. The molecule has 0 aliphatic heterocycles. The molecule has 0 amide bonds. The molecule has 1 aromatic carbocycles. The molecule has 1 unspecified atom stereocenters. The number of rotatable bonds is 6. The van der Waals surface area contributed by atoms with Crippen molar-refractivity contribution in [3.8, 4) is 5.75 Å². The Morgan fingerprint density at radius 3 is 2.81 bits per heavy atom. The number of nitrogens with one attached hydrogen (secondary N) is 1. The van der Waals surface area contributed by atoms with Crippen LogP contribution in [-0.4, -0.2) is 18.6 Å². The SMILES string of the molecule is CCCNC(c1ccc(OC)c(Br)c1)c1ccncc1F. The Hall–Kier alpha value is -1.46. The van der Waals surface area contributed by atoms with Crippen molar-refractivity contribution in [3.05, 3.63) is 58.1 Å². The molecule has 21 heavy (non-hydrogen) atoms. The van der Waals surface area contributed by atoms with Crippen LogP contribution in [0.5, 0.6) is 5.75 Å². The number of aromatic nitrogens is 1. The molecule has 1 heterocycles. The summed E-state index contributed by atoms with van der Waals surface area (Å²) in [6.07, 6.45) is 3.83. The van der Waals surface area contributed by atoms with Gasteiger partial charge in [-0.1, -0.05) is 13.0 Å². The number of hydrogen-bond donors (Lipinski definition) is 1. The van der Waals surface area contributed by atoms with Gasteiger partial charge in [0.1, 0.15) is 11.6 Å². The quantitative estimate of drug-likeness (QED) is 0.850. The Morgan fingerprint density at radius 1 is 1.38 bits per heavy atom. The monoisotopic (exact) mass is 352 g/mol. The van der Waals surface area contributed by atoms with E-state index in [2.05, 4.69) is 33.2 Å². The van der Waals surface area contributed by atoms with Gasteiger partial charge >= 0.3 is 0 Å². The number of methoxy groups -OCH3 is 1. The van der Waals surface area contributed by atoms with Crippen LogP contribution in [0.1, 0.15) is 30.5 Å². The number of benzene rings is 1. The van der Waals surface area contributed by atoms with Gasteiger partial charge in [0.05, 0.1) is 23.8 Å². The highest BCUT2D eigenvalue weighted by atomic mass is 79.9. The zero-order valence-corrected chi connectivity index (χ0v) is 13.7. The first-order valence-corrected chi connectivity index (χ1v) is 7.63. The van der Waals surface area contributed by atoms with Gasteiger partial charge in [-0.3, -0.25) is 4.98 Å². The van der Waals surface area contributed by atoms with Crippen LogP contribution in [-0.2, 0) is 0 Å². The lowest BCUT2D eigenvalue weighted by Gasteiger charge is -2.20. The summed E-state index contributed by atoms with van der Waals surface area (Å²) in [5.41, 5.74) is 1.57. The van der Waals surface area contributed by atoms with E-state index in [4.69, 9.17) is 4.74 Å². The normalized spacial score (nSPS) is 12.2. The van der Waals surface area contributed by atoms with Gasteiger partial charge in [0.2, 0.25) is 0 Å². The van der Waals surface area contributed by atoms with E-state index in [0.29, 0.717) is 5.56 Å². The minimum Gasteiger partial charge on any atom is -0.496 e. The van der Waals surface area contributed by atoms with Crippen LogP contribution in [0.4, 0.5) is 4.39 Å². The summed E-state index contributed by atoms with van der Waals surface area (Å²) in [4.78, 5) is 3.81. The third-order valence-electron chi connectivity index (χ3n) is 3.22. The molecular weight excluding hydrogens is 335 g/mol. The van der Waals surface area contributed by atoms with E-state index < -0.39 is 0 Å². The van der Waals surface area contributed by atoms with E-state index in [9.17, 15) is 4.39 Å². The van der Waals surface area contributed by atoms with Crippen LogP contribution in [0.15, 0.2) is 41.1 Å². The number of nitrogens with zero attached hydrogens (tertiary/aromatic N) is 1. The van der Waals surface area contributed by atoms with Crippen molar-refractivity contribution in [3.63, 3.8) is 0 Å². The lowest BCUT2D eigenvalue weighted by molar-refractivity contribution is 0.411. The summed E-state index contributed by atoms with van der Waals surface area (Å²) in [5, 5.41) is 3.38. The summed E-state index contributed by atoms with van der Waals surface area (Å²) in [6.45, 7) is 2.88. The summed E-state index contributed by atoms with van der Waals surface area (Å²) in [7, 11) is 1.62. The third kappa shape index (κ3) is 3.80. The summed E-state index contributed by atoms with van der Waals surface area (Å²) < 4.78 is 20.1. The molecule has 3 nitrogen and oxygen atoms in total. The predicted octanol–water partition coefficient (Wildman–Crippen LogP) is 4.08. The van der Waals surface area contributed by atoms with E-state index >= 15 is 0 Å². The molecule has 0 saturated carbocycles. The average Bonchev–Trinajstić information content (AvgIpc) is 2.49. The minimum absolute atomic E-state index is 0.213. The number of hydrogen-bond acceptors (Lipinski definition) is 3. The van der Waals surface area contributed by atoms with E-state index in [1.54, 1.807) is 19.4 Å². The van der Waals surface area contributed by atoms with Crippen molar-refractivity contribution >= 4 is 15.9 Å². The molecule has 1 atom stereocenters. The first-order valence-electron chi connectivity index (χ1n) is 6.83. The number of ether oxygens (including phenoxy) is 1. The predicted molar refractivity (Wildman–Crippen MR) is 85.0 cm³/mol. The van der Waals surface area contributed by atoms with E-state index in [1.807, 2.05) is 18.2 Å². The first-order chi connectivity index (χ1) is 10.2. The van der Waals surface area contributed by atoms with Crippen LogP contribution >= 0.6 is 15.9 Å². The van der Waals surface area contributed by atoms with Crippen LogP contribution in [0.2, 0.25) is 0 Å². The molecule has 0 aliphatic carbocycles. The van der Waals surface area contributed by atoms with Crippen molar-refractivity contribution in [2.45, 2.75) is 19.4 Å². The zero-order valence-electron chi connectivity index (χ0n) is 12.1. The van der Waals surface area contributed by atoms with Crippen LogP contribution < -0.4 is 10.1 Å². The summed E-state index contributed by atoms with van der Waals surface area (Å²) in [6, 6.07) is 7.26. The highest BCUT2D eigenvalue weighted by molar-refractivity contribution is 9.10. The third-order valence-corrected chi connectivity index (χ3v) is 3.84. The molecule has 2 aromatic rings. The van der Waals surface area contributed by atoms with Gasteiger partial charge in [-0.15, -0.1) is 0 Å². The molecule has 1 aromatic heterocycles. The first kappa shape index (κ1) is 15.9. The second kappa shape index (κ2) is 7.52. The van der Waals surface area contributed by atoms with Gasteiger partial charge in [-0.2, -0.15) is 0 Å². The Kier molecular flexibility index (Phi) is 5.70. The maximum atomic E-state index is 14.1. The van der Waals surface area contributed by atoms with Gasteiger partial charge in [0, 0.05) is 11.8 Å². The molecule has 1 N–H and O–H groups in total. The molecule has 5 heteroatoms. The molecule has 0 aliphatic rings. The zero-order chi connectivity index (χ0) is 15.2. The number of pyridine rings is 1. The van der Waals surface area contributed by atoms with Crippen LogP contribution in [0.25, 0.3) is 0 Å². The summed E-state index contributed by atoms with van der Waals surface area (Å²) >= 11 is 3.48. The fourth-order valence-corrected chi connectivity index (χ4v) is 2.74. The average molecular weight is 353 g/mol. The van der Waals surface area contributed by atoms with Gasteiger partial charge in [0.15, 0.2) is 0 Å². The Bertz CT molecular complexity index is 607. The number of halogens is 2. The molecule has 112 valence electrons. The van der Waals surface area contributed by atoms with E-state index in [1.165, 1.54) is 6.20 Å². The molecule has 0 spiro atoms. The lowest BCUT2D eigenvalue weighted by atomic mass is 9.99. The van der Waals surface area contributed by atoms with Crippen LogP contribution in [0.3, 0.4) is 0 Å². The Balaban J connectivity index is 2.40. The molecule has 0 fully saturated rings. The van der Waals surface area contributed by atoms with Crippen molar-refractivity contribution in [2.24, 2.45) is 0 Å². The standard InChI is InChI=1S/C16H18BrFN2O/c1-3-7-20-16(12-6-8-19-10-14(12)18)11-4-5-15(21-2)13(17)9-11/h4-6,8-10,16,20H,3,7H2,1-2H3. The van der Waals surface area contributed by atoms with E-state index in [0.717, 1.165) is 28.8 Å². The fraction of sp³-hybridized carbons (Fsp3) is 0.312. The highest BCUT2D eigenvalue weighted by Crippen LogP contribution is 2.31. The highest BCUT2D eigenvalue weighted by Gasteiger charge is 2.18. The van der Waals surface area contributed by atoms with Gasteiger partial charge in [0.25, 0.3) is 0 Å². The van der Waals surface area contributed by atoms with E-state index in [-0.39, 0.29) is 11.9 Å². The van der Waals surface area contributed by atoms with Crippen molar-refractivity contribution in [1.29, 1.82) is 0 Å². The molecule has 2 rings (SSSR count). The maximum absolute atomic E-state index is 14.1. The molecule has 0 saturated heterocycles.